The van der Waals surface area contributed by atoms with Crippen molar-refractivity contribution in [2.75, 3.05) is 6.54 Å². The quantitative estimate of drug-likeness (QED) is 0.336. The van der Waals surface area contributed by atoms with Crippen molar-refractivity contribution >= 4 is 5.91 Å². The summed E-state index contributed by atoms with van der Waals surface area (Å²) < 4.78 is 0. The van der Waals surface area contributed by atoms with Gasteiger partial charge in [-0.05, 0) is 19.3 Å². The lowest BCUT2D eigenvalue weighted by molar-refractivity contribution is -0.121. The van der Waals surface area contributed by atoms with Crippen LogP contribution < -0.4 is 5.32 Å². The molecule has 0 bridgehead atoms. The molecule has 0 spiro atoms. The van der Waals surface area contributed by atoms with Crippen LogP contribution in [0.5, 0.6) is 0 Å². The van der Waals surface area contributed by atoms with Gasteiger partial charge in [-0.1, -0.05) is 77.4 Å². The van der Waals surface area contributed by atoms with Crippen LogP contribution in [0, 0.1) is 0 Å². The van der Waals surface area contributed by atoms with E-state index in [2.05, 4.69) is 31.3 Å². The van der Waals surface area contributed by atoms with Crippen molar-refractivity contribution in [2.45, 2.75) is 90.9 Å². The van der Waals surface area contributed by atoms with Gasteiger partial charge in [-0.3, -0.25) is 4.79 Å². The fraction of sp³-hybridized carbons (Fsp3) is 0.833. The summed E-state index contributed by atoms with van der Waals surface area (Å²) in [5.74, 6) is 0.205. The maximum atomic E-state index is 11.6. The molecule has 118 valence electrons. The fourth-order valence-corrected chi connectivity index (χ4v) is 2.22. The summed E-state index contributed by atoms with van der Waals surface area (Å²) >= 11 is 0. The molecule has 0 aliphatic rings. The summed E-state index contributed by atoms with van der Waals surface area (Å²) in [6, 6.07) is 0. The van der Waals surface area contributed by atoms with Crippen LogP contribution in [0.25, 0.3) is 0 Å². The van der Waals surface area contributed by atoms with Crippen molar-refractivity contribution in [3.63, 3.8) is 0 Å². The lowest BCUT2D eigenvalue weighted by Crippen LogP contribution is -2.22. The molecule has 1 amide bonds. The summed E-state index contributed by atoms with van der Waals surface area (Å²) in [4.78, 5) is 11.6. The first-order chi connectivity index (χ1) is 9.81. The van der Waals surface area contributed by atoms with Crippen molar-refractivity contribution in [1.82, 2.24) is 5.32 Å². The van der Waals surface area contributed by atoms with Crippen LogP contribution in [0.1, 0.15) is 90.9 Å². The van der Waals surface area contributed by atoms with E-state index in [1.165, 1.54) is 57.8 Å². The molecule has 0 aliphatic heterocycles. The number of carbonyl (C=O) groups is 1. The van der Waals surface area contributed by atoms with Gasteiger partial charge in [-0.15, -0.1) is 0 Å². The van der Waals surface area contributed by atoms with Crippen LogP contribution in [-0.4, -0.2) is 12.5 Å². The molecule has 2 nitrogen and oxygen atoms in total. The number of rotatable bonds is 14. The molecule has 0 radical (unpaired) electrons. The largest absolute Gasteiger partial charge is 0.353 e. The Hall–Kier alpha value is -0.790. The number of hydrogen-bond acceptors (Lipinski definition) is 1. The van der Waals surface area contributed by atoms with E-state index in [1.807, 2.05) is 0 Å². The number of carbonyl (C=O) groups excluding carboxylic acids is 1. The standard InChI is InChI=1S/C18H35NO/c1-3-5-7-9-11-13-15-17-19-18(20)16-14-12-10-8-6-4-2/h13,15H,3-12,14,16-17H2,1-2H3,(H,19,20)/b15-13-. The zero-order chi connectivity index (χ0) is 14.9. The van der Waals surface area contributed by atoms with Gasteiger partial charge in [0.25, 0.3) is 0 Å². The van der Waals surface area contributed by atoms with E-state index >= 15 is 0 Å². The maximum absolute atomic E-state index is 11.6. The molecule has 2 heteroatoms. The number of amides is 1. The Balaban J connectivity index is 3.25. The van der Waals surface area contributed by atoms with Crippen LogP contribution in [0.3, 0.4) is 0 Å². The van der Waals surface area contributed by atoms with Crippen molar-refractivity contribution in [3.8, 4) is 0 Å². The Labute approximate surface area is 126 Å². The number of unbranched alkanes of at least 4 members (excludes halogenated alkanes) is 9. The third-order valence-corrected chi connectivity index (χ3v) is 3.57. The van der Waals surface area contributed by atoms with E-state index in [1.54, 1.807) is 0 Å². The van der Waals surface area contributed by atoms with Gasteiger partial charge >= 0.3 is 0 Å². The van der Waals surface area contributed by atoms with Gasteiger partial charge in [0, 0.05) is 13.0 Å². The second-order valence-corrected chi connectivity index (χ2v) is 5.64. The van der Waals surface area contributed by atoms with E-state index < -0.39 is 0 Å². The van der Waals surface area contributed by atoms with Gasteiger partial charge in [-0.2, -0.15) is 0 Å². The van der Waals surface area contributed by atoms with E-state index in [0.717, 1.165) is 12.8 Å². The molecule has 0 unspecified atom stereocenters. The van der Waals surface area contributed by atoms with Crippen LogP contribution in [0.2, 0.25) is 0 Å². The highest BCUT2D eigenvalue weighted by atomic mass is 16.1. The SMILES string of the molecule is CCCCCC/C=C\CNC(=O)CCCCCCCC. The highest BCUT2D eigenvalue weighted by Gasteiger charge is 1.98. The molecule has 0 saturated heterocycles. The number of hydrogen-bond donors (Lipinski definition) is 1. The molecule has 0 rings (SSSR count). The Morgan fingerprint density at radius 1 is 0.800 bits per heavy atom. The lowest BCUT2D eigenvalue weighted by atomic mass is 10.1. The van der Waals surface area contributed by atoms with Crippen molar-refractivity contribution in [2.24, 2.45) is 0 Å². The molecule has 0 aromatic heterocycles. The minimum absolute atomic E-state index is 0.205. The Morgan fingerprint density at radius 2 is 1.40 bits per heavy atom. The molecule has 0 fully saturated rings. The average molecular weight is 281 g/mol. The second-order valence-electron chi connectivity index (χ2n) is 5.64. The van der Waals surface area contributed by atoms with Gasteiger partial charge in [0.05, 0.1) is 0 Å². The Kier molecular flexibility index (Phi) is 15.6. The molecule has 20 heavy (non-hydrogen) atoms. The number of nitrogens with one attached hydrogen (secondary N) is 1. The predicted molar refractivity (Wildman–Crippen MR) is 88.9 cm³/mol. The summed E-state index contributed by atoms with van der Waals surface area (Å²) in [5.41, 5.74) is 0. The van der Waals surface area contributed by atoms with Gasteiger partial charge in [0.1, 0.15) is 0 Å². The van der Waals surface area contributed by atoms with Crippen molar-refractivity contribution < 1.29 is 4.79 Å². The third-order valence-electron chi connectivity index (χ3n) is 3.57. The van der Waals surface area contributed by atoms with Gasteiger partial charge in [0.2, 0.25) is 5.91 Å². The predicted octanol–water partition coefficient (Wildman–Crippen LogP) is 5.38. The van der Waals surface area contributed by atoms with Crippen LogP contribution >= 0.6 is 0 Å². The molecule has 0 atom stereocenters. The third kappa shape index (κ3) is 15.3. The van der Waals surface area contributed by atoms with Crippen LogP contribution in [-0.2, 0) is 4.79 Å². The molecule has 0 aliphatic carbocycles. The van der Waals surface area contributed by atoms with E-state index in [4.69, 9.17) is 0 Å². The lowest BCUT2D eigenvalue weighted by Gasteiger charge is -2.02. The summed E-state index contributed by atoms with van der Waals surface area (Å²) in [6.07, 6.45) is 18.8. The molecular formula is C18H35NO. The highest BCUT2D eigenvalue weighted by Crippen LogP contribution is 2.06. The number of allylic oxidation sites excluding steroid dienone is 1. The first-order valence-corrected chi connectivity index (χ1v) is 8.73. The molecule has 1 N–H and O–H groups in total. The maximum Gasteiger partial charge on any atom is 0.220 e. The Morgan fingerprint density at radius 3 is 2.10 bits per heavy atom. The average Bonchev–Trinajstić information content (AvgIpc) is 2.45. The van der Waals surface area contributed by atoms with Gasteiger partial charge in [0.15, 0.2) is 0 Å². The first kappa shape index (κ1) is 19.2. The second kappa shape index (κ2) is 16.3. The minimum Gasteiger partial charge on any atom is -0.353 e. The molecule has 0 aromatic carbocycles. The smallest absolute Gasteiger partial charge is 0.220 e. The summed E-state index contributed by atoms with van der Waals surface area (Å²) in [7, 11) is 0. The highest BCUT2D eigenvalue weighted by molar-refractivity contribution is 5.75. The molecule has 0 heterocycles. The monoisotopic (exact) mass is 281 g/mol. The summed E-state index contributed by atoms with van der Waals surface area (Å²) in [5, 5.41) is 2.96. The first-order valence-electron chi connectivity index (χ1n) is 8.73. The summed E-state index contributed by atoms with van der Waals surface area (Å²) in [6.45, 7) is 5.16. The fourth-order valence-electron chi connectivity index (χ4n) is 2.22. The van der Waals surface area contributed by atoms with Crippen molar-refractivity contribution in [1.29, 1.82) is 0 Å². The van der Waals surface area contributed by atoms with Crippen molar-refractivity contribution in [3.05, 3.63) is 12.2 Å². The molecular weight excluding hydrogens is 246 g/mol. The Bertz CT molecular complexity index is 236. The molecule has 0 aromatic rings. The zero-order valence-electron chi connectivity index (χ0n) is 13.8. The molecule has 0 saturated carbocycles. The van der Waals surface area contributed by atoms with E-state index in [0.29, 0.717) is 13.0 Å². The van der Waals surface area contributed by atoms with Crippen LogP contribution in [0.15, 0.2) is 12.2 Å². The van der Waals surface area contributed by atoms with E-state index in [-0.39, 0.29) is 5.91 Å². The topological polar surface area (TPSA) is 29.1 Å². The van der Waals surface area contributed by atoms with E-state index in [9.17, 15) is 4.79 Å². The zero-order valence-corrected chi connectivity index (χ0v) is 13.8. The van der Waals surface area contributed by atoms with Gasteiger partial charge < -0.3 is 5.32 Å². The minimum atomic E-state index is 0.205. The van der Waals surface area contributed by atoms with Crippen LogP contribution in [0.4, 0.5) is 0 Å². The normalized spacial score (nSPS) is 11.1. The van der Waals surface area contributed by atoms with Gasteiger partial charge in [-0.25, -0.2) is 0 Å².